The number of methoxy groups -OCH3 is 1. The van der Waals surface area contributed by atoms with Crippen LogP contribution in [-0.2, 0) is 0 Å². The maximum atomic E-state index is 8.97. The zero-order chi connectivity index (χ0) is 8.43. The average Bonchev–Trinajstić information content (AvgIpc) is 1.97. The van der Waals surface area contributed by atoms with Gasteiger partial charge in [-0.15, -0.1) is 0 Å². The number of hydrogen-bond donors (Lipinski definition) is 3. The van der Waals surface area contributed by atoms with Crippen LogP contribution in [0, 0.1) is 0 Å². The molecule has 0 aliphatic heterocycles. The van der Waals surface area contributed by atoms with Crippen molar-refractivity contribution in [1.29, 1.82) is 0 Å². The second-order valence-corrected chi connectivity index (χ2v) is 2.08. The van der Waals surface area contributed by atoms with E-state index in [0.29, 0.717) is 11.4 Å². The molecule has 1 aromatic carbocycles. The zero-order valence-electron chi connectivity index (χ0n) is 6.03. The Bertz CT molecular complexity index is 273. The third-order valence-corrected chi connectivity index (χ3v) is 1.33. The lowest BCUT2D eigenvalue weighted by molar-refractivity contribution is 0.388. The predicted molar refractivity (Wildman–Crippen MR) is 40.7 cm³/mol. The number of aromatic hydroxyl groups is 2. The summed E-state index contributed by atoms with van der Waals surface area (Å²) in [5, 5.41) is 17.9. The van der Waals surface area contributed by atoms with Gasteiger partial charge < -0.3 is 20.7 Å². The second-order valence-electron chi connectivity index (χ2n) is 2.08. The maximum Gasteiger partial charge on any atom is 0.161 e. The molecule has 1 aromatic rings. The average molecular weight is 155 g/mol. The standard InChI is InChI=1S/C7H9NO3/c1-11-7-3-6(10)5(9)2-4(7)8/h2-3,9-10H,8H2,1H3. The van der Waals surface area contributed by atoms with Crippen LogP contribution in [0.4, 0.5) is 5.69 Å². The van der Waals surface area contributed by atoms with Crippen molar-refractivity contribution in [2.45, 2.75) is 0 Å². The molecule has 0 heterocycles. The largest absolute Gasteiger partial charge is 0.504 e. The van der Waals surface area contributed by atoms with Gasteiger partial charge in [-0.05, 0) is 0 Å². The summed E-state index contributed by atoms with van der Waals surface area (Å²) >= 11 is 0. The van der Waals surface area contributed by atoms with E-state index < -0.39 is 0 Å². The van der Waals surface area contributed by atoms with E-state index >= 15 is 0 Å². The maximum absolute atomic E-state index is 8.97. The molecule has 0 saturated carbocycles. The van der Waals surface area contributed by atoms with Crippen LogP contribution in [-0.4, -0.2) is 17.3 Å². The van der Waals surface area contributed by atoms with Crippen molar-refractivity contribution in [3.05, 3.63) is 12.1 Å². The summed E-state index contributed by atoms with van der Waals surface area (Å²) < 4.78 is 4.78. The fraction of sp³-hybridized carbons (Fsp3) is 0.143. The molecule has 60 valence electrons. The summed E-state index contributed by atoms with van der Waals surface area (Å²) in [5.41, 5.74) is 5.70. The number of phenols is 2. The van der Waals surface area contributed by atoms with Gasteiger partial charge in [0.2, 0.25) is 0 Å². The number of benzene rings is 1. The van der Waals surface area contributed by atoms with Gasteiger partial charge in [-0.25, -0.2) is 0 Å². The van der Waals surface area contributed by atoms with Gasteiger partial charge in [-0.3, -0.25) is 0 Å². The van der Waals surface area contributed by atoms with Crippen LogP contribution in [0.2, 0.25) is 0 Å². The van der Waals surface area contributed by atoms with Crippen molar-refractivity contribution in [3.63, 3.8) is 0 Å². The minimum absolute atomic E-state index is 0.240. The number of anilines is 1. The van der Waals surface area contributed by atoms with Gasteiger partial charge in [0.25, 0.3) is 0 Å². The molecule has 0 fully saturated rings. The number of rotatable bonds is 1. The highest BCUT2D eigenvalue weighted by Gasteiger charge is 2.04. The van der Waals surface area contributed by atoms with Crippen molar-refractivity contribution in [2.75, 3.05) is 12.8 Å². The van der Waals surface area contributed by atoms with Crippen LogP contribution in [0.3, 0.4) is 0 Å². The highest BCUT2D eigenvalue weighted by Crippen LogP contribution is 2.34. The Morgan fingerprint density at radius 2 is 1.82 bits per heavy atom. The van der Waals surface area contributed by atoms with Gasteiger partial charge >= 0.3 is 0 Å². The Labute approximate surface area is 63.8 Å². The fourth-order valence-electron chi connectivity index (χ4n) is 0.751. The van der Waals surface area contributed by atoms with Crippen LogP contribution in [0.1, 0.15) is 0 Å². The molecule has 11 heavy (non-hydrogen) atoms. The Balaban J connectivity index is 3.21. The third kappa shape index (κ3) is 1.29. The van der Waals surface area contributed by atoms with Crippen LogP contribution in [0.25, 0.3) is 0 Å². The lowest BCUT2D eigenvalue weighted by Gasteiger charge is -2.05. The molecule has 0 saturated heterocycles. The molecular weight excluding hydrogens is 146 g/mol. The second kappa shape index (κ2) is 2.57. The number of nitrogens with two attached hydrogens (primary N) is 1. The molecule has 1 rings (SSSR count). The van der Waals surface area contributed by atoms with E-state index in [2.05, 4.69) is 0 Å². The predicted octanol–water partition coefficient (Wildman–Crippen LogP) is 0.689. The molecule has 0 aromatic heterocycles. The van der Waals surface area contributed by atoms with Crippen molar-refractivity contribution in [1.82, 2.24) is 0 Å². The van der Waals surface area contributed by atoms with Gasteiger partial charge in [0.05, 0.1) is 12.8 Å². The first kappa shape index (κ1) is 7.53. The molecule has 0 unspecified atom stereocenters. The molecule has 0 atom stereocenters. The number of hydrogen-bond acceptors (Lipinski definition) is 4. The smallest absolute Gasteiger partial charge is 0.161 e. The summed E-state index contributed by atoms with van der Waals surface area (Å²) in [4.78, 5) is 0. The van der Waals surface area contributed by atoms with Crippen LogP contribution in [0.15, 0.2) is 12.1 Å². The van der Waals surface area contributed by atoms with Crippen LogP contribution >= 0.6 is 0 Å². The molecule has 0 bridgehead atoms. The van der Waals surface area contributed by atoms with Gasteiger partial charge in [-0.1, -0.05) is 0 Å². The van der Waals surface area contributed by atoms with Crippen molar-refractivity contribution < 1.29 is 14.9 Å². The van der Waals surface area contributed by atoms with Gasteiger partial charge in [-0.2, -0.15) is 0 Å². The third-order valence-electron chi connectivity index (χ3n) is 1.33. The van der Waals surface area contributed by atoms with E-state index in [0.717, 1.165) is 0 Å². The van der Waals surface area contributed by atoms with Crippen molar-refractivity contribution in [3.8, 4) is 17.2 Å². The van der Waals surface area contributed by atoms with E-state index in [1.165, 1.54) is 19.2 Å². The first-order valence-corrected chi connectivity index (χ1v) is 3.00. The molecular formula is C7H9NO3. The van der Waals surface area contributed by atoms with E-state index in [-0.39, 0.29) is 11.5 Å². The molecule has 0 amide bonds. The summed E-state index contributed by atoms with van der Waals surface area (Å²) in [6.07, 6.45) is 0. The Hall–Kier alpha value is -1.58. The molecule has 4 N–H and O–H groups in total. The number of phenolic OH excluding ortho intramolecular Hbond substituents is 2. The van der Waals surface area contributed by atoms with E-state index in [9.17, 15) is 0 Å². The SMILES string of the molecule is COc1cc(O)c(O)cc1N. The first-order valence-electron chi connectivity index (χ1n) is 3.00. The number of nitrogen functional groups attached to an aromatic ring is 1. The fourth-order valence-corrected chi connectivity index (χ4v) is 0.751. The Kier molecular flexibility index (Phi) is 1.76. The highest BCUT2D eigenvalue weighted by atomic mass is 16.5. The molecule has 4 nitrogen and oxygen atoms in total. The van der Waals surface area contributed by atoms with Gasteiger partial charge in [0.15, 0.2) is 11.5 Å². The monoisotopic (exact) mass is 155 g/mol. The molecule has 0 aliphatic carbocycles. The Morgan fingerprint density at radius 3 is 2.36 bits per heavy atom. The molecule has 0 aliphatic rings. The Morgan fingerprint density at radius 1 is 1.27 bits per heavy atom. The quantitative estimate of drug-likeness (QED) is 0.317. The van der Waals surface area contributed by atoms with E-state index in [1.807, 2.05) is 0 Å². The molecule has 4 heteroatoms. The minimum Gasteiger partial charge on any atom is -0.504 e. The minimum atomic E-state index is -0.247. The first-order chi connectivity index (χ1) is 5.15. The highest BCUT2D eigenvalue weighted by molar-refractivity contribution is 5.60. The van der Waals surface area contributed by atoms with E-state index in [1.54, 1.807) is 0 Å². The van der Waals surface area contributed by atoms with Crippen LogP contribution in [0.5, 0.6) is 17.2 Å². The number of ether oxygens (including phenoxy) is 1. The topological polar surface area (TPSA) is 75.7 Å². The summed E-state index contributed by atoms with van der Waals surface area (Å²) in [5.74, 6) is -0.139. The van der Waals surface area contributed by atoms with Crippen molar-refractivity contribution >= 4 is 5.69 Å². The lowest BCUT2D eigenvalue weighted by atomic mass is 10.2. The lowest BCUT2D eigenvalue weighted by Crippen LogP contribution is -1.91. The van der Waals surface area contributed by atoms with E-state index in [4.69, 9.17) is 20.7 Å². The van der Waals surface area contributed by atoms with Crippen molar-refractivity contribution in [2.24, 2.45) is 0 Å². The summed E-state index contributed by atoms with van der Waals surface area (Å²) in [6, 6.07) is 2.48. The summed E-state index contributed by atoms with van der Waals surface area (Å²) in [6.45, 7) is 0. The molecule has 0 spiro atoms. The normalized spacial score (nSPS) is 9.55. The summed E-state index contributed by atoms with van der Waals surface area (Å²) in [7, 11) is 1.43. The van der Waals surface area contributed by atoms with Crippen LogP contribution < -0.4 is 10.5 Å². The molecule has 0 radical (unpaired) electrons. The van der Waals surface area contributed by atoms with Gasteiger partial charge in [0, 0.05) is 12.1 Å². The zero-order valence-corrected chi connectivity index (χ0v) is 6.03. The van der Waals surface area contributed by atoms with Gasteiger partial charge in [0.1, 0.15) is 5.75 Å².